The van der Waals surface area contributed by atoms with E-state index in [2.05, 4.69) is 47.9 Å². The fourth-order valence-electron chi connectivity index (χ4n) is 2.74. The third kappa shape index (κ3) is 2.29. The van der Waals surface area contributed by atoms with Crippen molar-refractivity contribution < 1.29 is 5.11 Å². The molecule has 20 heavy (non-hydrogen) atoms. The van der Waals surface area contributed by atoms with Gasteiger partial charge >= 0.3 is 0 Å². The highest BCUT2D eigenvalue weighted by molar-refractivity contribution is 5.87. The molecule has 0 aliphatic carbocycles. The zero-order chi connectivity index (χ0) is 13.9. The molecule has 1 heterocycles. The molecule has 1 aromatic heterocycles. The summed E-state index contributed by atoms with van der Waals surface area (Å²) in [4.78, 5) is 0. The van der Waals surface area contributed by atoms with Gasteiger partial charge in [-0.25, -0.2) is 0 Å². The maximum absolute atomic E-state index is 10.0. The first-order chi connectivity index (χ1) is 9.79. The first kappa shape index (κ1) is 12.8. The molecular weight excluding hydrogens is 246 g/mol. The van der Waals surface area contributed by atoms with E-state index in [0.29, 0.717) is 5.75 Å². The molecule has 2 heteroatoms. The standard InChI is InChI=1S/C18H19NO/c1-2-7-15-12-16-17(10-6-11-18(16)20)19(15)13-14-8-4-3-5-9-14/h3-6,8-12,20H,2,7,13H2,1H3. The van der Waals surface area contributed by atoms with Gasteiger partial charge in [-0.1, -0.05) is 49.7 Å². The molecule has 0 spiro atoms. The Morgan fingerprint density at radius 3 is 2.55 bits per heavy atom. The SMILES string of the molecule is CCCc1cc2c(O)cccc2n1Cc1ccccc1. The molecule has 0 amide bonds. The lowest BCUT2D eigenvalue weighted by atomic mass is 10.2. The molecule has 2 nitrogen and oxygen atoms in total. The minimum absolute atomic E-state index is 0.367. The first-order valence-corrected chi connectivity index (χ1v) is 7.13. The summed E-state index contributed by atoms with van der Waals surface area (Å²) < 4.78 is 2.31. The number of phenolic OH excluding ortho intramolecular Hbond substituents is 1. The molecular formula is C18H19NO. The zero-order valence-corrected chi connectivity index (χ0v) is 11.7. The molecule has 0 aliphatic rings. The van der Waals surface area contributed by atoms with Crippen molar-refractivity contribution >= 4 is 10.9 Å². The minimum atomic E-state index is 0.367. The lowest BCUT2D eigenvalue weighted by molar-refractivity contribution is 0.481. The summed E-state index contributed by atoms with van der Waals surface area (Å²) in [5.41, 5.74) is 3.68. The number of nitrogens with zero attached hydrogens (tertiary/aromatic N) is 1. The molecule has 3 aromatic rings. The van der Waals surface area contributed by atoms with Crippen LogP contribution >= 0.6 is 0 Å². The number of rotatable bonds is 4. The highest BCUT2D eigenvalue weighted by atomic mass is 16.3. The van der Waals surface area contributed by atoms with E-state index in [4.69, 9.17) is 0 Å². The van der Waals surface area contributed by atoms with Gasteiger partial charge in [-0.3, -0.25) is 0 Å². The van der Waals surface area contributed by atoms with Gasteiger partial charge in [0.1, 0.15) is 5.75 Å². The molecule has 0 unspecified atom stereocenters. The van der Waals surface area contributed by atoms with Crippen LogP contribution in [0.3, 0.4) is 0 Å². The Hall–Kier alpha value is -2.22. The van der Waals surface area contributed by atoms with Gasteiger partial charge in [-0.2, -0.15) is 0 Å². The quantitative estimate of drug-likeness (QED) is 0.745. The Morgan fingerprint density at radius 2 is 1.80 bits per heavy atom. The van der Waals surface area contributed by atoms with Crippen molar-refractivity contribution in [2.24, 2.45) is 0 Å². The molecule has 0 radical (unpaired) electrons. The molecule has 0 saturated carbocycles. The second-order valence-corrected chi connectivity index (χ2v) is 5.17. The molecule has 3 rings (SSSR count). The number of aromatic hydroxyl groups is 1. The van der Waals surface area contributed by atoms with E-state index in [1.807, 2.05) is 12.1 Å². The van der Waals surface area contributed by atoms with Crippen molar-refractivity contribution in [1.29, 1.82) is 0 Å². The number of fused-ring (bicyclic) bond motifs is 1. The van der Waals surface area contributed by atoms with Crippen LogP contribution in [0.4, 0.5) is 0 Å². The van der Waals surface area contributed by atoms with Crippen LogP contribution in [-0.4, -0.2) is 9.67 Å². The van der Waals surface area contributed by atoms with Crippen molar-refractivity contribution in [3.63, 3.8) is 0 Å². The largest absolute Gasteiger partial charge is 0.507 e. The van der Waals surface area contributed by atoms with Gasteiger partial charge in [0.25, 0.3) is 0 Å². The van der Waals surface area contributed by atoms with E-state index in [0.717, 1.165) is 30.3 Å². The van der Waals surface area contributed by atoms with Crippen LogP contribution in [0.5, 0.6) is 5.75 Å². The van der Waals surface area contributed by atoms with Crippen molar-refractivity contribution in [3.8, 4) is 5.75 Å². The van der Waals surface area contributed by atoms with E-state index in [-0.39, 0.29) is 0 Å². The summed E-state index contributed by atoms with van der Waals surface area (Å²) in [6, 6.07) is 18.3. The fraction of sp³-hybridized carbons (Fsp3) is 0.222. The van der Waals surface area contributed by atoms with E-state index in [9.17, 15) is 5.11 Å². The van der Waals surface area contributed by atoms with Gasteiger partial charge in [0.2, 0.25) is 0 Å². The van der Waals surface area contributed by atoms with Crippen molar-refractivity contribution in [3.05, 3.63) is 65.9 Å². The molecule has 2 aromatic carbocycles. The Morgan fingerprint density at radius 1 is 1.00 bits per heavy atom. The van der Waals surface area contributed by atoms with Crippen LogP contribution in [0, 0.1) is 0 Å². The third-order valence-electron chi connectivity index (χ3n) is 3.70. The predicted molar refractivity (Wildman–Crippen MR) is 83.1 cm³/mol. The molecule has 0 atom stereocenters. The molecule has 102 valence electrons. The number of benzene rings is 2. The molecule has 0 aliphatic heterocycles. The monoisotopic (exact) mass is 265 g/mol. The second kappa shape index (κ2) is 5.41. The molecule has 0 bridgehead atoms. The molecule has 0 saturated heterocycles. The number of hydrogen-bond donors (Lipinski definition) is 1. The van der Waals surface area contributed by atoms with E-state index in [1.54, 1.807) is 6.07 Å². The van der Waals surface area contributed by atoms with Crippen LogP contribution in [0.15, 0.2) is 54.6 Å². The van der Waals surface area contributed by atoms with Gasteiger partial charge < -0.3 is 9.67 Å². The van der Waals surface area contributed by atoms with Crippen LogP contribution in [0.1, 0.15) is 24.6 Å². The number of phenols is 1. The normalized spacial score (nSPS) is 11.1. The summed E-state index contributed by atoms with van der Waals surface area (Å²) >= 11 is 0. The average Bonchev–Trinajstić information content (AvgIpc) is 2.81. The molecule has 1 N–H and O–H groups in total. The number of aromatic nitrogens is 1. The highest BCUT2D eigenvalue weighted by Gasteiger charge is 2.11. The second-order valence-electron chi connectivity index (χ2n) is 5.17. The summed E-state index contributed by atoms with van der Waals surface area (Å²) in [5, 5.41) is 11.0. The van der Waals surface area contributed by atoms with Gasteiger partial charge in [0, 0.05) is 17.6 Å². The minimum Gasteiger partial charge on any atom is -0.507 e. The molecule has 0 fully saturated rings. The number of aryl methyl sites for hydroxylation is 1. The Bertz CT molecular complexity index is 713. The highest BCUT2D eigenvalue weighted by Crippen LogP contribution is 2.29. The van der Waals surface area contributed by atoms with Crippen LogP contribution < -0.4 is 0 Å². The van der Waals surface area contributed by atoms with Crippen molar-refractivity contribution in [2.45, 2.75) is 26.3 Å². The van der Waals surface area contributed by atoms with Gasteiger partial charge in [0.05, 0.1) is 5.52 Å². The van der Waals surface area contributed by atoms with Crippen LogP contribution in [0.2, 0.25) is 0 Å². The lowest BCUT2D eigenvalue weighted by Crippen LogP contribution is -2.03. The fourth-order valence-corrected chi connectivity index (χ4v) is 2.74. The zero-order valence-electron chi connectivity index (χ0n) is 11.7. The van der Waals surface area contributed by atoms with E-state index in [1.165, 1.54) is 11.3 Å². The summed E-state index contributed by atoms with van der Waals surface area (Å²) in [5.74, 6) is 0.367. The summed E-state index contributed by atoms with van der Waals surface area (Å²) in [7, 11) is 0. The summed E-state index contributed by atoms with van der Waals surface area (Å²) in [6.45, 7) is 3.04. The van der Waals surface area contributed by atoms with Crippen molar-refractivity contribution in [1.82, 2.24) is 4.57 Å². The van der Waals surface area contributed by atoms with Crippen LogP contribution in [0.25, 0.3) is 10.9 Å². The smallest absolute Gasteiger partial charge is 0.124 e. The average molecular weight is 265 g/mol. The van der Waals surface area contributed by atoms with Gasteiger partial charge in [-0.05, 0) is 30.2 Å². The van der Waals surface area contributed by atoms with Crippen molar-refractivity contribution in [2.75, 3.05) is 0 Å². The number of hydrogen-bond acceptors (Lipinski definition) is 1. The predicted octanol–water partition coefficient (Wildman–Crippen LogP) is 4.35. The topological polar surface area (TPSA) is 25.2 Å². The Kier molecular flexibility index (Phi) is 3.46. The first-order valence-electron chi connectivity index (χ1n) is 7.13. The van der Waals surface area contributed by atoms with E-state index < -0.39 is 0 Å². The summed E-state index contributed by atoms with van der Waals surface area (Å²) in [6.07, 6.45) is 2.13. The Balaban J connectivity index is 2.12. The van der Waals surface area contributed by atoms with Gasteiger partial charge in [-0.15, -0.1) is 0 Å². The third-order valence-corrected chi connectivity index (χ3v) is 3.70. The van der Waals surface area contributed by atoms with Crippen LogP contribution in [-0.2, 0) is 13.0 Å². The maximum Gasteiger partial charge on any atom is 0.124 e. The lowest BCUT2D eigenvalue weighted by Gasteiger charge is -2.10. The maximum atomic E-state index is 10.0. The van der Waals surface area contributed by atoms with Gasteiger partial charge in [0.15, 0.2) is 0 Å². The van der Waals surface area contributed by atoms with E-state index >= 15 is 0 Å². The Labute approximate surface area is 119 Å².